The molecule has 3 heterocycles. The number of carboxylic acids is 3. The molecule has 0 bridgehead atoms. The van der Waals surface area contributed by atoms with Gasteiger partial charge < -0.3 is 59.5 Å². The molecule has 3 amide bonds. The molecule has 410 valence electrons. The van der Waals surface area contributed by atoms with Gasteiger partial charge in [0, 0.05) is 86.1 Å². The van der Waals surface area contributed by atoms with Gasteiger partial charge in [0.15, 0.2) is 5.96 Å². The van der Waals surface area contributed by atoms with Gasteiger partial charge in [0.1, 0.15) is 11.6 Å². The summed E-state index contributed by atoms with van der Waals surface area (Å²) in [7, 11) is 0. The van der Waals surface area contributed by atoms with Crippen molar-refractivity contribution in [3.8, 4) is 11.1 Å². The number of carboxylic acid groups (broad SMARTS) is 3. The van der Waals surface area contributed by atoms with Gasteiger partial charge >= 0.3 is 17.9 Å². The van der Waals surface area contributed by atoms with E-state index in [1.54, 1.807) is 18.2 Å². The normalized spacial score (nSPS) is 11.0. The van der Waals surface area contributed by atoms with Crippen LogP contribution in [0.2, 0.25) is 0 Å². The van der Waals surface area contributed by atoms with E-state index in [0.717, 1.165) is 69.9 Å². The molecular formula is C57H68N12O9. The van der Waals surface area contributed by atoms with Crippen LogP contribution in [0.25, 0.3) is 43.8 Å². The molecular weight excluding hydrogens is 997 g/mol. The lowest BCUT2D eigenvalue weighted by molar-refractivity contribution is -0.138. The molecule has 21 heteroatoms. The first kappa shape index (κ1) is 59.6. The third kappa shape index (κ3) is 18.3. The van der Waals surface area contributed by atoms with E-state index < -0.39 is 23.9 Å². The number of aliphatic carboxylic acids is 2. The number of carbonyl (C=O) groups excluding carboxylic acids is 3. The summed E-state index contributed by atoms with van der Waals surface area (Å²) < 4.78 is 0. The fraction of sp³-hybridized carbons (Fsp3) is 0.298. The number of hydrogen-bond donors (Lipinski definition) is 11. The van der Waals surface area contributed by atoms with Gasteiger partial charge in [-0.25, -0.2) is 4.79 Å². The number of hydrogen-bond acceptors (Lipinski definition) is 13. The second-order valence-electron chi connectivity index (χ2n) is 18.0. The zero-order valence-electron chi connectivity index (χ0n) is 43.5. The predicted molar refractivity (Wildman–Crippen MR) is 303 cm³/mol. The van der Waals surface area contributed by atoms with E-state index in [9.17, 15) is 28.8 Å². The van der Waals surface area contributed by atoms with Gasteiger partial charge in [0.2, 0.25) is 11.8 Å². The lowest BCUT2D eigenvalue weighted by atomic mass is 9.90. The lowest BCUT2D eigenvalue weighted by Crippen LogP contribution is -2.48. The number of para-hydroxylation sites is 3. The van der Waals surface area contributed by atoms with Crippen molar-refractivity contribution in [1.82, 2.24) is 30.9 Å². The van der Waals surface area contributed by atoms with Crippen molar-refractivity contribution in [3.63, 3.8) is 0 Å². The topological polar surface area (TPSA) is 366 Å². The molecule has 4 aromatic carbocycles. The SMILES string of the molecule is Cc1nc2ccccc2c(-c2ccccc2)c1CC(NC(=O)CCCC(=O)O)C(=O)NCCCCN.NC(N)=NCCCCNc1c(C(=O)NCCCC(=O)O)cnc2ccccc12.Nc1c(C(=O)O)cnc2ccccc12. The number of aryl methyl sites for hydroxylation is 1. The van der Waals surface area contributed by atoms with Crippen LogP contribution in [0.15, 0.2) is 121 Å². The van der Waals surface area contributed by atoms with Crippen LogP contribution >= 0.6 is 0 Å². The Morgan fingerprint density at radius 1 is 0.628 bits per heavy atom. The highest BCUT2D eigenvalue weighted by Gasteiger charge is 2.25. The Hall–Kier alpha value is -9.24. The van der Waals surface area contributed by atoms with Crippen LogP contribution in [0.5, 0.6) is 0 Å². The Kier molecular flexibility index (Phi) is 23.7. The Morgan fingerprint density at radius 2 is 1.21 bits per heavy atom. The number of amides is 3. The lowest BCUT2D eigenvalue weighted by Gasteiger charge is -2.22. The average molecular weight is 1070 g/mol. The van der Waals surface area contributed by atoms with Crippen molar-refractivity contribution in [1.29, 1.82) is 0 Å². The minimum atomic E-state index is -1.05. The van der Waals surface area contributed by atoms with E-state index in [4.69, 9.17) is 43.2 Å². The van der Waals surface area contributed by atoms with E-state index >= 15 is 0 Å². The number of pyridine rings is 3. The molecule has 0 aliphatic heterocycles. The average Bonchev–Trinajstić information content (AvgIpc) is 3.47. The fourth-order valence-corrected chi connectivity index (χ4v) is 8.27. The number of nitrogens with zero attached hydrogens (tertiary/aromatic N) is 4. The number of anilines is 2. The largest absolute Gasteiger partial charge is 0.481 e. The van der Waals surface area contributed by atoms with E-state index in [2.05, 4.69) is 36.2 Å². The van der Waals surface area contributed by atoms with Gasteiger partial charge in [0.05, 0.1) is 33.5 Å². The molecule has 0 spiro atoms. The van der Waals surface area contributed by atoms with Gasteiger partial charge in [-0.15, -0.1) is 0 Å². The van der Waals surface area contributed by atoms with Gasteiger partial charge in [0.25, 0.3) is 5.91 Å². The molecule has 3 aromatic heterocycles. The zero-order valence-corrected chi connectivity index (χ0v) is 43.5. The van der Waals surface area contributed by atoms with Crippen molar-refractivity contribution >= 4 is 85.7 Å². The second-order valence-corrected chi connectivity index (χ2v) is 18.0. The summed E-state index contributed by atoms with van der Waals surface area (Å²) in [6, 6.07) is 31.7. The van der Waals surface area contributed by atoms with E-state index in [1.165, 1.54) is 12.4 Å². The summed E-state index contributed by atoms with van der Waals surface area (Å²) in [6.07, 6.45) is 6.75. The van der Waals surface area contributed by atoms with Crippen molar-refractivity contribution in [2.75, 3.05) is 43.8 Å². The highest BCUT2D eigenvalue weighted by atomic mass is 16.4. The van der Waals surface area contributed by atoms with Gasteiger partial charge in [-0.2, -0.15) is 0 Å². The highest BCUT2D eigenvalue weighted by Crippen LogP contribution is 2.34. The number of benzene rings is 4. The summed E-state index contributed by atoms with van der Waals surface area (Å²) in [4.78, 5) is 87.7. The number of nitrogen functional groups attached to an aromatic ring is 1. The van der Waals surface area contributed by atoms with E-state index in [1.807, 2.05) is 91.9 Å². The maximum atomic E-state index is 13.2. The number of aromatic nitrogens is 3. The Balaban J connectivity index is 0.000000235. The molecule has 1 atom stereocenters. The van der Waals surface area contributed by atoms with Crippen molar-refractivity contribution < 1.29 is 44.1 Å². The number of aromatic carboxylic acids is 1. The predicted octanol–water partition coefficient (Wildman–Crippen LogP) is 6.16. The molecule has 78 heavy (non-hydrogen) atoms. The fourth-order valence-electron chi connectivity index (χ4n) is 8.27. The number of fused-ring (bicyclic) bond motifs is 3. The first-order chi connectivity index (χ1) is 37.6. The standard InChI is InChI=1S/C28H34N4O4.C19H26N6O3.C10H8N2O2/c1-19-22(27(20-10-3-2-4-11-20)21-12-5-6-13-23(21)31-19)18-24(28(36)30-17-8-7-16-29)32-25(33)14-9-15-26(34)35;20-19(21)24-10-4-3-9-22-17-13-6-1-2-7-15(13)25-12-14(17)18(28)23-11-5-8-16(26)27;11-9-6-3-1-2-4-8(6)12-5-7(9)10(13)14/h2-6,10-13,24H,7-9,14-18,29H2,1H3,(H,30,36)(H,32,33)(H,34,35);1-2,6-7,12H,3-5,8-11H2,(H,22,25)(H,23,28)(H,26,27)(H4,20,21,24);1-5H,(H2,11,12)(H,13,14). The van der Waals surface area contributed by atoms with Crippen LogP contribution in [-0.4, -0.2) is 111 Å². The van der Waals surface area contributed by atoms with E-state index in [0.29, 0.717) is 54.8 Å². The van der Waals surface area contributed by atoms with Crippen LogP contribution < -0.4 is 44.2 Å². The van der Waals surface area contributed by atoms with Crippen LogP contribution in [0.1, 0.15) is 89.8 Å². The molecule has 15 N–H and O–H groups in total. The molecule has 0 fully saturated rings. The van der Waals surface area contributed by atoms with Crippen molar-refractivity contribution in [2.45, 2.75) is 77.2 Å². The summed E-state index contributed by atoms with van der Waals surface area (Å²) in [6.45, 7) is 4.41. The minimum Gasteiger partial charge on any atom is -0.481 e. The molecule has 0 aliphatic carbocycles. The number of nitrogens with two attached hydrogens (primary N) is 4. The van der Waals surface area contributed by atoms with Crippen molar-refractivity contribution in [2.24, 2.45) is 22.2 Å². The summed E-state index contributed by atoms with van der Waals surface area (Å²) >= 11 is 0. The Morgan fingerprint density at radius 3 is 1.86 bits per heavy atom. The number of unbranched alkanes of at least 4 members (excludes halogenated alkanes) is 2. The Labute approximate surface area is 451 Å². The molecule has 0 saturated heterocycles. The maximum absolute atomic E-state index is 13.2. The zero-order chi connectivity index (χ0) is 56.4. The van der Waals surface area contributed by atoms with Crippen LogP contribution in [0.3, 0.4) is 0 Å². The molecule has 0 radical (unpaired) electrons. The summed E-state index contributed by atoms with van der Waals surface area (Å²) in [5.41, 5.74) is 29.3. The number of guanidine groups is 1. The van der Waals surface area contributed by atoms with Crippen molar-refractivity contribution in [3.05, 3.63) is 138 Å². The molecule has 1 unspecified atom stereocenters. The molecule has 0 saturated carbocycles. The third-order valence-corrected chi connectivity index (χ3v) is 12.1. The quantitative estimate of drug-likeness (QED) is 0.0173. The Bertz CT molecular complexity index is 3210. The number of nitrogens with one attached hydrogen (secondary N) is 4. The summed E-state index contributed by atoms with van der Waals surface area (Å²) in [5, 5.41) is 40.7. The third-order valence-electron chi connectivity index (χ3n) is 12.1. The van der Waals surface area contributed by atoms with Crippen LogP contribution in [-0.2, 0) is 25.6 Å². The number of carbonyl (C=O) groups is 6. The first-order valence-corrected chi connectivity index (χ1v) is 25.6. The maximum Gasteiger partial charge on any atom is 0.339 e. The number of aliphatic imine (C=N–C) groups is 1. The minimum absolute atomic E-state index is 0.0111. The molecule has 21 nitrogen and oxygen atoms in total. The smallest absolute Gasteiger partial charge is 0.339 e. The monoisotopic (exact) mass is 1060 g/mol. The van der Waals surface area contributed by atoms with Crippen LogP contribution in [0.4, 0.5) is 11.4 Å². The molecule has 7 rings (SSSR count). The van der Waals surface area contributed by atoms with Crippen LogP contribution in [0, 0.1) is 6.92 Å². The van der Waals surface area contributed by atoms with Gasteiger partial charge in [-0.3, -0.25) is 43.9 Å². The van der Waals surface area contributed by atoms with Gasteiger partial charge in [-0.05, 0) is 86.9 Å². The first-order valence-electron chi connectivity index (χ1n) is 25.6. The highest BCUT2D eigenvalue weighted by molar-refractivity contribution is 6.07. The molecule has 0 aliphatic rings. The molecule has 7 aromatic rings. The second kappa shape index (κ2) is 31.0. The van der Waals surface area contributed by atoms with E-state index in [-0.39, 0.29) is 73.6 Å². The number of rotatable bonds is 25. The van der Waals surface area contributed by atoms with Gasteiger partial charge in [-0.1, -0.05) is 84.9 Å². The summed E-state index contributed by atoms with van der Waals surface area (Å²) in [5.74, 6) is -3.74.